The maximum absolute atomic E-state index is 12.1. The maximum atomic E-state index is 12.1. The molecule has 0 radical (unpaired) electrons. The Hall–Kier alpha value is -2.89. The molecule has 6 nitrogen and oxygen atoms in total. The number of aromatic nitrogens is 3. The van der Waals surface area contributed by atoms with E-state index < -0.39 is 0 Å². The minimum atomic E-state index is -0.342. The van der Waals surface area contributed by atoms with Gasteiger partial charge in [0.2, 0.25) is 0 Å². The molecule has 0 unspecified atom stereocenters. The highest BCUT2D eigenvalue weighted by Crippen LogP contribution is 2.15. The Morgan fingerprint density at radius 2 is 1.95 bits per heavy atom. The first-order chi connectivity index (χ1) is 10.2. The van der Waals surface area contributed by atoms with Crippen LogP contribution >= 0.6 is 0 Å². The third-order valence-corrected chi connectivity index (χ3v) is 3.21. The number of H-pyrrole nitrogens is 2. The molecule has 0 spiro atoms. The first kappa shape index (κ1) is 13.1. The van der Waals surface area contributed by atoms with Crippen LogP contribution < -0.4 is 11.0 Å². The number of fused-ring (bicyclic) bond motifs is 1. The van der Waals surface area contributed by atoms with Crippen molar-refractivity contribution in [3.05, 3.63) is 64.3 Å². The maximum Gasteiger partial charge on any atom is 0.340 e. The highest BCUT2D eigenvalue weighted by molar-refractivity contribution is 5.98. The predicted molar refractivity (Wildman–Crippen MR) is 79.2 cm³/mol. The Kier molecular flexibility index (Phi) is 3.51. The largest absolute Gasteiger partial charge is 0.352 e. The molecule has 3 N–H and O–H groups in total. The molecule has 0 bridgehead atoms. The van der Waals surface area contributed by atoms with Crippen LogP contribution in [0.1, 0.15) is 16.2 Å². The van der Waals surface area contributed by atoms with Gasteiger partial charge >= 0.3 is 5.69 Å². The molecule has 0 fully saturated rings. The summed E-state index contributed by atoms with van der Waals surface area (Å²) in [6.07, 6.45) is 0.470. The van der Waals surface area contributed by atoms with Gasteiger partial charge in [0, 0.05) is 18.5 Å². The molecule has 0 aliphatic heterocycles. The second-order valence-electron chi connectivity index (χ2n) is 4.69. The number of benzene rings is 2. The summed E-state index contributed by atoms with van der Waals surface area (Å²) in [5, 5.41) is 11.0. The van der Waals surface area contributed by atoms with E-state index in [4.69, 9.17) is 0 Å². The van der Waals surface area contributed by atoms with E-state index in [1.54, 1.807) is 6.07 Å². The molecule has 106 valence electrons. The number of nitrogens with zero attached hydrogens (tertiary/aromatic N) is 1. The average Bonchev–Trinajstić information content (AvgIpc) is 2.92. The van der Waals surface area contributed by atoms with Crippen molar-refractivity contribution in [2.75, 3.05) is 6.54 Å². The van der Waals surface area contributed by atoms with Crippen molar-refractivity contribution in [1.82, 2.24) is 20.5 Å². The van der Waals surface area contributed by atoms with Gasteiger partial charge in [-0.3, -0.25) is 9.78 Å². The fourth-order valence-corrected chi connectivity index (χ4v) is 2.15. The van der Waals surface area contributed by atoms with E-state index in [9.17, 15) is 9.59 Å². The molecule has 21 heavy (non-hydrogen) atoms. The Bertz CT molecular complexity index is 835. The summed E-state index contributed by atoms with van der Waals surface area (Å²) >= 11 is 0. The lowest BCUT2D eigenvalue weighted by Crippen LogP contribution is -2.26. The zero-order valence-corrected chi connectivity index (χ0v) is 11.2. The van der Waals surface area contributed by atoms with Gasteiger partial charge in [0.15, 0.2) is 0 Å². The number of hydrogen-bond acceptors (Lipinski definition) is 3. The van der Waals surface area contributed by atoms with E-state index >= 15 is 0 Å². The number of aromatic amines is 2. The minimum absolute atomic E-state index is 0.140. The van der Waals surface area contributed by atoms with Crippen molar-refractivity contribution in [2.24, 2.45) is 0 Å². The van der Waals surface area contributed by atoms with Crippen molar-refractivity contribution < 1.29 is 4.79 Å². The average molecular weight is 282 g/mol. The van der Waals surface area contributed by atoms with Crippen LogP contribution in [0, 0.1) is 0 Å². The molecule has 0 saturated heterocycles. The van der Waals surface area contributed by atoms with Gasteiger partial charge < -0.3 is 5.32 Å². The van der Waals surface area contributed by atoms with Crippen molar-refractivity contribution in [2.45, 2.75) is 6.42 Å². The van der Waals surface area contributed by atoms with Gasteiger partial charge in [-0.25, -0.2) is 9.89 Å². The fourth-order valence-electron chi connectivity index (χ4n) is 2.15. The quantitative estimate of drug-likeness (QED) is 0.672. The molecular weight excluding hydrogens is 268 g/mol. The van der Waals surface area contributed by atoms with E-state index in [1.807, 2.05) is 36.4 Å². The van der Waals surface area contributed by atoms with Crippen LogP contribution in [0.2, 0.25) is 0 Å². The van der Waals surface area contributed by atoms with Crippen LogP contribution in [0.25, 0.3) is 10.8 Å². The lowest BCUT2D eigenvalue weighted by molar-refractivity contribution is 0.0954. The molecule has 1 aromatic heterocycles. The summed E-state index contributed by atoms with van der Waals surface area (Å²) in [5.74, 6) is 0.387. The highest BCUT2D eigenvalue weighted by Gasteiger charge is 2.06. The first-order valence-corrected chi connectivity index (χ1v) is 6.63. The smallest absolute Gasteiger partial charge is 0.340 e. The monoisotopic (exact) mass is 282 g/mol. The number of carbonyl (C=O) groups excluding carboxylic acids is 1. The Labute approximate surface area is 120 Å². The molecule has 3 aromatic rings. The predicted octanol–water partition coefficient (Wildman–Crippen LogP) is 1.22. The number of rotatable bonds is 4. The van der Waals surface area contributed by atoms with Gasteiger partial charge in [0.25, 0.3) is 5.91 Å². The van der Waals surface area contributed by atoms with Crippen LogP contribution in [0.5, 0.6) is 0 Å². The second kappa shape index (κ2) is 5.62. The van der Waals surface area contributed by atoms with Crippen molar-refractivity contribution in [1.29, 1.82) is 0 Å². The number of nitrogens with one attached hydrogen (secondary N) is 3. The molecule has 6 heteroatoms. The van der Waals surface area contributed by atoms with Gasteiger partial charge in [-0.05, 0) is 22.9 Å². The van der Waals surface area contributed by atoms with Gasteiger partial charge in [-0.2, -0.15) is 5.10 Å². The van der Waals surface area contributed by atoms with Crippen molar-refractivity contribution >= 4 is 16.7 Å². The summed E-state index contributed by atoms with van der Waals surface area (Å²) < 4.78 is 0. The molecule has 0 aliphatic carbocycles. The minimum Gasteiger partial charge on any atom is -0.352 e. The molecule has 0 atom stereocenters. The normalized spacial score (nSPS) is 10.7. The molecule has 0 saturated carbocycles. The summed E-state index contributed by atoms with van der Waals surface area (Å²) in [7, 11) is 0. The Morgan fingerprint density at radius 1 is 1.14 bits per heavy atom. The van der Waals surface area contributed by atoms with Crippen LogP contribution in [0.4, 0.5) is 0 Å². The van der Waals surface area contributed by atoms with E-state index in [1.165, 1.54) is 0 Å². The van der Waals surface area contributed by atoms with Gasteiger partial charge in [-0.15, -0.1) is 0 Å². The van der Waals surface area contributed by atoms with E-state index in [2.05, 4.69) is 20.5 Å². The Morgan fingerprint density at radius 3 is 2.71 bits per heavy atom. The van der Waals surface area contributed by atoms with Gasteiger partial charge in [-0.1, -0.05) is 30.3 Å². The molecule has 2 aromatic carbocycles. The standard InChI is InChI=1S/C15H14N4O2/c20-14(16-8-7-13-17-15(21)19-18-13)12-6-5-10-3-1-2-4-11(10)9-12/h1-6,9H,7-8H2,(H,16,20)(H2,17,18,19,21). The van der Waals surface area contributed by atoms with Gasteiger partial charge in [0.05, 0.1) is 0 Å². The lowest BCUT2D eigenvalue weighted by atomic mass is 10.1. The third kappa shape index (κ3) is 3.00. The Balaban J connectivity index is 1.65. The first-order valence-electron chi connectivity index (χ1n) is 6.63. The van der Waals surface area contributed by atoms with Crippen LogP contribution in [0.3, 0.4) is 0 Å². The molecule has 1 heterocycles. The van der Waals surface area contributed by atoms with Crippen molar-refractivity contribution in [3.8, 4) is 0 Å². The summed E-state index contributed by atoms with van der Waals surface area (Å²) in [6.45, 7) is 0.409. The summed E-state index contributed by atoms with van der Waals surface area (Å²) in [4.78, 5) is 25.5. The molecule has 1 amide bonds. The third-order valence-electron chi connectivity index (χ3n) is 3.21. The molecular formula is C15H14N4O2. The van der Waals surface area contributed by atoms with E-state index in [0.717, 1.165) is 10.8 Å². The fraction of sp³-hybridized carbons (Fsp3) is 0.133. The topological polar surface area (TPSA) is 90.6 Å². The van der Waals surface area contributed by atoms with E-state index in [0.29, 0.717) is 24.4 Å². The van der Waals surface area contributed by atoms with Gasteiger partial charge in [0.1, 0.15) is 5.82 Å². The van der Waals surface area contributed by atoms with Crippen LogP contribution in [-0.4, -0.2) is 27.6 Å². The zero-order valence-electron chi connectivity index (χ0n) is 11.2. The van der Waals surface area contributed by atoms with E-state index in [-0.39, 0.29) is 11.6 Å². The van der Waals surface area contributed by atoms with Crippen LogP contribution in [-0.2, 0) is 6.42 Å². The van der Waals surface area contributed by atoms with Crippen molar-refractivity contribution in [3.63, 3.8) is 0 Å². The zero-order chi connectivity index (χ0) is 14.7. The number of amides is 1. The summed E-state index contributed by atoms with van der Waals surface area (Å²) in [6, 6.07) is 13.5. The lowest BCUT2D eigenvalue weighted by Gasteiger charge is -2.05. The molecule has 3 rings (SSSR count). The summed E-state index contributed by atoms with van der Waals surface area (Å²) in [5.41, 5.74) is 0.273. The molecule has 0 aliphatic rings. The van der Waals surface area contributed by atoms with Crippen LogP contribution in [0.15, 0.2) is 47.3 Å². The number of hydrogen-bond donors (Lipinski definition) is 3. The second-order valence-corrected chi connectivity index (χ2v) is 4.69. The highest BCUT2D eigenvalue weighted by atomic mass is 16.2. The SMILES string of the molecule is O=C(NCCc1n[nH]c(=O)[nH]1)c1ccc2ccccc2c1. The number of carbonyl (C=O) groups is 1.